The zero-order valence-electron chi connectivity index (χ0n) is 11.8. The summed E-state index contributed by atoms with van der Waals surface area (Å²) in [7, 11) is -4.54. The number of ether oxygens (including phenoxy) is 2. The van der Waals surface area contributed by atoms with E-state index in [4.69, 9.17) is 20.3 Å². The molecule has 132 valence electrons. The van der Waals surface area contributed by atoms with E-state index in [2.05, 4.69) is 19.7 Å². The van der Waals surface area contributed by atoms with E-state index < -0.39 is 44.3 Å². The van der Waals surface area contributed by atoms with Crippen LogP contribution in [0.3, 0.4) is 0 Å². The van der Waals surface area contributed by atoms with Crippen molar-refractivity contribution < 1.29 is 33.3 Å². The monoisotopic (exact) mass is 365 g/mol. The maximum absolute atomic E-state index is 14.1. The largest absolute Gasteiger partial charge is 0.385 e. The van der Waals surface area contributed by atoms with E-state index in [-0.39, 0.29) is 17.1 Å². The summed E-state index contributed by atoms with van der Waals surface area (Å²) < 4.78 is 35.8. The number of fused-ring (bicyclic) bond motifs is 1. The molecule has 14 heteroatoms. The molecule has 1 aliphatic rings. The highest BCUT2D eigenvalue weighted by molar-refractivity contribution is 7.51. The summed E-state index contributed by atoms with van der Waals surface area (Å²) in [6.45, 7) is 0. The highest BCUT2D eigenvalue weighted by atomic mass is 31.2. The lowest BCUT2D eigenvalue weighted by Gasteiger charge is -2.16. The van der Waals surface area contributed by atoms with Crippen molar-refractivity contribution >= 4 is 24.7 Å². The Bertz CT molecular complexity index is 865. The fraction of sp³-hybridized carbons (Fsp3) is 0.500. The van der Waals surface area contributed by atoms with E-state index >= 15 is 0 Å². The Balaban J connectivity index is 1.90. The normalized spacial score (nSPS) is 27.8. The van der Waals surface area contributed by atoms with E-state index in [1.807, 2.05) is 0 Å². The zero-order chi connectivity index (χ0) is 17.6. The van der Waals surface area contributed by atoms with Crippen LogP contribution in [0.2, 0.25) is 0 Å². The molecule has 4 atom stereocenters. The van der Waals surface area contributed by atoms with Crippen LogP contribution in [0.1, 0.15) is 6.23 Å². The third-order valence-corrected chi connectivity index (χ3v) is 3.77. The molecule has 0 saturated carbocycles. The van der Waals surface area contributed by atoms with Gasteiger partial charge in [0.25, 0.3) is 5.56 Å². The molecule has 1 fully saturated rings. The average molecular weight is 365 g/mol. The molecule has 1 aliphatic heterocycles. The zero-order valence-corrected chi connectivity index (χ0v) is 12.7. The maximum Gasteiger partial charge on any atom is 0.351 e. The van der Waals surface area contributed by atoms with Crippen LogP contribution in [0, 0.1) is 0 Å². The van der Waals surface area contributed by atoms with Gasteiger partial charge in [-0.15, -0.1) is 0 Å². The summed E-state index contributed by atoms with van der Waals surface area (Å²) in [5.41, 5.74) is 4.66. The van der Waals surface area contributed by atoms with Crippen LogP contribution in [-0.4, -0.2) is 59.3 Å². The van der Waals surface area contributed by atoms with Crippen LogP contribution in [0.15, 0.2) is 11.1 Å². The van der Waals surface area contributed by atoms with Crippen molar-refractivity contribution in [3.8, 4) is 0 Å². The number of hydrogen-bond acceptors (Lipinski definition) is 8. The number of alkyl halides is 1. The molecule has 0 bridgehead atoms. The van der Waals surface area contributed by atoms with Gasteiger partial charge in [0.2, 0.25) is 5.95 Å². The molecule has 2 aromatic heterocycles. The first kappa shape index (κ1) is 17.0. The number of rotatable bonds is 4. The van der Waals surface area contributed by atoms with Crippen molar-refractivity contribution in [2.75, 3.05) is 12.1 Å². The molecule has 6 N–H and O–H groups in total. The Morgan fingerprint density at radius 3 is 2.92 bits per heavy atom. The maximum atomic E-state index is 14.1. The predicted molar refractivity (Wildman–Crippen MR) is 75.4 cm³/mol. The summed E-state index contributed by atoms with van der Waals surface area (Å²) in [6.07, 6.45) is -6.90. The second-order valence-corrected chi connectivity index (χ2v) is 6.65. The topological polar surface area (TPSA) is 186 Å². The molecule has 0 aliphatic carbocycles. The summed E-state index contributed by atoms with van der Waals surface area (Å²) in [6, 6.07) is 0. The van der Waals surface area contributed by atoms with Crippen LogP contribution in [0.25, 0.3) is 11.2 Å². The van der Waals surface area contributed by atoms with Crippen molar-refractivity contribution in [3.05, 3.63) is 16.7 Å². The smallest absolute Gasteiger partial charge is 0.351 e. The van der Waals surface area contributed by atoms with Crippen LogP contribution < -0.4 is 11.3 Å². The molecule has 12 nitrogen and oxygen atoms in total. The molecule has 24 heavy (non-hydrogen) atoms. The number of nitrogen functional groups attached to an aromatic ring is 1. The van der Waals surface area contributed by atoms with Gasteiger partial charge in [0, 0.05) is 0 Å². The molecule has 1 saturated heterocycles. The number of nitrogens with two attached hydrogens (primary N) is 1. The highest BCUT2D eigenvalue weighted by Crippen LogP contribution is 2.38. The number of hydrogen-bond donors (Lipinski definition) is 5. The van der Waals surface area contributed by atoms with Gasteiger partial charge < -0.3 is 30.1 Å². The van der Waals surface area contributed by atoms with Gasteiger partial charge in [-0.2, -0.15) is 4.98 Å². The second kappa shape index (κ2) is 5.88. The quantitative estimate of drug-likeness (QED) is 0.395. The van der Waals surface area contributed by atoms with Gasteiger partial charge in [-0.1, -0.05) is 0 Å². The Kier molecular flexibility index (Phi) is 4.15. The molecule has 2 aromatic rings. The number of nitrogens with one attached hydrogen (secondary N) is 1. The van der Waals surface area contributed by atoms with Crippen molar-refractivity contribution in [3.63, 3.8) is 0 Å². The molecule has 3 heterocycles. The first-order chi connectivity index (χ1) is 11.2. The third-order valence-electron chi connectivity index (χ3n) is 3.28. The lowest BCUT2D eigenvalue weighted by atomic mass is 10.2. The molecular weight excluding hydrogens is 352 g/mol. The summed E-state index contributed by atoms with van der Waals surface area (Å²) in [5.74, 6) is -0.215. The molecule has 0 radical (unpaired) electrons. The van der Waals surface area contributed by atoms with E-state index in [1.165, 1.54) is 0 Å². The van der Waals surface area contributed by atoms with Gasteiger partial charge in [-0.25, -0.2) is 9.37 Å². The number of aromatic amines is 1. The van der Waals surface area contributed by atoms with E-state index in [0.29, 0.717) is 0 Å². The second-order valence-electron chi connectivity index (χ2n) is 5.07. The Hall–Kier alpha value is -1.89. The minimum atomic E-state index is -4.54. The number of aliphatic hydroxyl groups is 1. The van der Waals surface area contributed by atoms with Crippen LogP contribution >= 0.6 is 7.60 Å². The van der Waals surface area contributed by atoms with Crippen molar-refractivity contribution in [1.82, 2.24) is 19.5 Å². The third kappa shape index (κ3) is 3.05. The van der Waals surface area contributed by atoms with Gasteiger partial charge in [-0.3, -0.25) is 18.9 Å². The van der Waals surface area contributed by atoms with Gasteiger partial charge in [0.15, 0.2) is 36.2 Å². The fourth-order valence-electron chi connectivity index (χ4n) is 2.27. The molecule has 0 spiro atoms. The summed E-state index contributed by atoms with van der Waals surface area (Å²) in [5, 5.41) is 9.96. The highest BCUT2D eigenvalue weighted by Gasteiger charge is 2.47. The van der Waals surface area contributed by atoms with Crippen molar-refractivity contribution in [1.29, 1.82) is 0 Å². The minimum Gasteiger partial charge on any atom is -0.385 e. The number of aromatic nitrogens is 4. The number of nitrogens with zero attached hydrogens (tertiary/aromatic N) is 3. The Morgan fingerprint density at radius 2 is 2.25 bits per heavy atom. The van der Waals surface area contributed by atoms with Gasteiger partial charge in [0.05, 0.1) is 6.33 Å². The van der Waals surface area contributed by atoms with Crippen LogP contribution in [-0.2, 0) is 14.0 Å². The van der Waals surface area contributed by atoms with Gasteiger partial charge >= 0.3 is 7.60 Å². The Morgan fingerprint density at radius 1 is 1.54 bits per heavy atom. The minimum absolute atomic E-state index is 0.0526. The Labute approximate surface area is 132 Å². The molecule has 0 amide bonds. The molecule has 3 rings (SSSR count). The molecular formula is C10H13FN5O7P. The fourth-order valence-corrected chi connectivity index (χ4v) is 2.61. The lowest BCUT2D eigenvalue weighted by molar-refractivity contribution is -0.158. The summed E-state index contributed by atoms with van der Waals surface area (Å²) >= 11 is 0. The number of anilines is 1. The summed E-state index contributed by atoms with van der Waals surface area (Å²) in [4.78, 5) is 39.1. The first-order valence-electron chi connectivity index (χ1n) is 6.53. The van der Waals surface area contributed by atoms with E-state index in [1.54, 1.807) is 0 Å². The van der Waals surface area contributed by atoms with E-state index in [9.17, 15) is 18.9 Å². The standard InChI is InChI=1S/C10H13FN5O7P/c11-3-5(17)8(23-9(3)22-2-24(19,20)21)16-1-13-4-6(16)14-10(12)15-7(4)18/h1,3,5,8-9,17H,2H2,(H2,19,20,21)(H3,12,14,15,18). The molecule has 4 unspecified atom stereocenters. The van der Waals surface area contributed by atoms with Crippen molar-refractivity contribution in [2.24, 2.45) is 0 Å². The first-order valence-corrected chi connectivity index (χ1v) is 8.33. The number of halogens is 1. The molecule has 0 aromatic carbocycles. The lowest BCUT2D eigenvalue weighted by Crippen LogP contribution is -2.29. The average Bonchev–Trinajstić information content (AvgIpc) is 3.00. The van der Waals surface area contributed by atoms with Crippen molar-refractivity contribution in [2.45, 2.75) is 24.8 Å². The van der Waals surface area contributed by atoms with Crippen LogP contribution in [0.5, 0.6) is 0 Å². The van der Waals surface area contributed by atoms with E-state index in [0.717, 1.165) is 10.9 Å². The SMILES string of the molecule is Nc1nc2c(ncn2C2OC(OCP(=O)(O)O)C(F)C2O)c(=O)[nH]1. The number of imidazole rings is 1. The number of aliphatic hydroxyl groups excluding tert-OH is 1. The van der Waals surface area contributed by atoms with Gasteiger partial charge in [-0.05, 0) is 0 Å². The predicted octanol–water partition coefficient (Wildman–Crippen LogP) is -1.59. The number of H-pyrrole nitrogens is 1. The van der Waals surface area contributed by atoms with Crippen LogP contribution in [0.4, 0.5) is 10.3 Å². The van der Waals surface area contributed by atoms with Gasteiger partial charge in [0.1, 0.15) is 6.10 Å².